The van der Waals surface area contributed by atoms with Gasteiger partial charge in [0.05, 0.1) is 24.5 Å². The van der Waals surface area contributed by atoms with Crippen molar-refractivity contribution < 1.29 is 19.0 Å². The quantitative estimate of drug-likeness (QED) is 0.475. The maximum absolute atomic E-state index is 12.0. The molecular weight excluding hydrogens is 408 g/mol. The maximum Gasteiger partial charge on any atom is 0.277 e. The normalized spacial score (nSPS) is 14.1. The zero-order valence-corrected chi connectivity index (χ0v) is 18.1. The lowest BCUT2D eigenvalue weighted by Gasteiger charge is -2.10. The number of methoxy groups -OCH3 is 1. The van der Waals surface area contributed by atoms with E-state index in [1.807, 2.05) is 48.6 Å². The summed E-state index contributed by atoms with van der Waals surface area (Å²) >= 11 is 3.92. The Balaban J connectivity index is 1.46. The molecule has 1 aliphatic rings. The van der Waals surface area contributed by atoms with E-state index < -0.39 is 0 Å². The molecule has 154 valence electrons. The first-order valence-corrected chi connectivity index (χ1v) is 11.4. The number of hydrazone groups is 1. The highest BCUT2D eigenvalue weighted by atomic mass is 32.2. The first-order chi connectivity index (χ1) is 14.2. The minimum Gasteiger partial charge on any atom is -0.493 e. The summed E-state index contributed by atoms with van der Waals surface area (Å²) < 4.78 is 16.8. The van der Waals surface area contributed by atoms with Crippen LogP contribution in [0.4, 0.5) is 0 Å². The minimum absolute atomic E-state index is 0.101. The van der Waals surface area contributed by atoms with Crippen LogP contribution < -0.4 is 19.6 Å². The molecule has 0 saturated carbocycles. The van der Waals surface area contributed by atoms with E-state index in [9.17, 15) is 4.79 Å². The van der Waals surface area contributed by atoms with Gasteiger partial charge in [0.25, 0.3) is 5.91 Å². The van der Waals surface area contributed by atoms with Crippen molar-refractivity contribution in [2.24, 2.45) is 5.10 Å². The van der Waals surface area contributed by atoms with Crippen LogP contribution in [0.15, 0.2) is 47.6 Å². The molecule has 1 saturated heterocycles. The van der Waals surface area contributed by atoms with E-state index in [-0.39, 0.29) is 12.5 Å². The summed E-state index contributed by atoms with van der Waals surface area (Å²) in [6.45, 7) is 2.33. The number of nitrogens with one attached hydrogen (secondary N) is 1. The van der Waals surface area contributed by atoms with Crippen molar-refractivity contribution in [1.29, 1.82) is 0 Å². The van der Waals surface area contributed by atoms with E-state index in [1.165, 1.54) is 17.1 Å². The van der Waals surface area contributed by atoms with Gasteiger partial charge >= 0.3 is 0 Å². The largest absolute Gasteiger partial charge is 0.493 e. The molecule has 8 heteroatoms. The van der Waals surface area contributed by atoms with E-state index in [2.05, 4.69) is 22.7 Å². The standard InChI is InChI=1S/C21H24N2O4S2/c1-3-26-19-12-15(4-9-18(19)25-2)13-22-23-20(24)14-27-17-7-5-16(6-8-17)21-28-10-11-29-21/h4-9,12-13,21H,3,10-11,14H2,1-2H3,(H,23,24)/b22-13-. The van der Waals surface area contributed by atoms with Gasteiger partial charge in [-0.1, -0.05) is 12.1 Å². The van der Waals surface area contributed by atoms with Crippen LogP contribution in [0.1, 0.15) is 22.6 Å². The predicted molar refractivity (Wildman–Crippen MR) is 119 cm³/mol. The molecule has 2 aromatic rings. The van der Waals surface area contributed by atoms with Crippen LogP contribution in [0.2, 0.25) is 0 Å². The van der Waals surface area contributed by atoms with Crippen LogP contribution in [0.5, 0.6) is 17.2 Å². The second kappa shape index (κ2) is 11.0. The summed E-state index contributed by atoms with van der Waals surface area (Å²) in [6.07, 6.45) is 1.55. The molecule has 0 bridgehead atoms. The third-order valence-electron chi connectivity index (χ3n) is 4.03. The van der Waals surface area contributed by atoms with Crippen LogP contribution in [0.3, 0.4) is 0 Å². The number of carbonyl (C=O) groups is 1. The van der Waals surface area contributed by atoms with Crippen molar-refractivity contribution in [2.45, 2.75) is 11.5 Å². The molecule has 0 unspecified atom stereocenters. The first-order valence-electron chi connectivity index (χ1n) is 9.28. The van der Waals surface area contributed by atoms with Crippen molar-refractivity contribution in [3.8, 4) is 17.2 Å². The van der Waals surface area contributed by atoms with Crippen molar-refractivity contribution in [3.63, 3.8) is 0 Å². The van der Waals surface area contributed by atoms with E-state index >= 15 is 0 Å². The molecule has 6 nitrogen and oxygen atoms in total. The van der Waals surface area contributed by atoms with Crippen molar-refractivity contribution in [2.75, 3.05) is 31.8 Å². The number of carbonyl (C=O) groups excluding carboxylic acids is 1. The number of amides is 1. The van der Waals surface area contributed by atoms with Crippen LogP contribution in [0, 0.1) is 0 Å². The maximum atomic E-state index is 12.0. The smallest absolute Gasteiger partial charge is 0.277 e. The number of ether oxygens (including phenoxy) is 3. The highest BCUT2D eigenvalue weighted by Crippen LogP contribution is 2.45. The first kappa shape index (κ1) is 21.4. The van der Waals surface area contributed by atoms with Gasteiger partial charge in [-0.3, -0.25) is 4.79 Å². The van der Waals surface area contributed by atoms with Gasteiger partial charge in [0.2, 0.25) is 0 Å². The Bertz CT molecular complexity index is 837. The topological polar surface area (TPSA) is 69.2 Å². The number of thioether (sulfide) groups is 2. The van der Waals surface area contributed by atoms with Crippen molar-refractivity contribution in [1.82, 2.24) is 5.43 Å². The lowest BCUT2D eigenvalue weighted by Crippen LogP contribution is -2.24. The lowest BCUT2D eigenvalue weighted by molar-refractivity contribution is -0.123. The van der Waals surface area contributed by atoms with Gasteiger partial charge in [0.15, 0.2) is 18.1 Å². The van der Waals surface area contributed by atoms with E-state index in [0.29, 0.717) is 28.4 Å². The Kier molecular flexibility index (Phi) is 8.13. The molecular formula is C21H24N2O4S2. The molecule has 1 heterocycles. The van der Waals surface area contributed by atoms with E-state index in [0.717, 1.165) is 5.56 Å². The highest BCUT2D eigenvalue weighted by Gasteiger charge is 2.18. The van der Waals surface area contributed by atoms with E-state index in [1.54, 1.807) is 25.5 Å². The Morgan fingerprint density at radius 2 is 1.90 bits per heavy atom. The predicted octanol–water partition coefficient (Wildman–Crippen LogP) is 4.10. The van der Waals surface area contributed by atoms with Crippen LogP contribution >= 0.6 is 23.5 Å². The average Bonchev–Trinajstić information content (AvgIpc) is 3.28. The number of hydrogen-bond acceptors (Lipinski definition) is 7. The van der Waals surface area contributed by atoms with Gasteiger partial charge in [-0.05, 0) is 48.4 Å². The molecule has 3 rings (SSSR count). The Labute approximate surface area is 179 Å². The molecule has 0 aromatic heterocycles. The van der Waals surface area contributed by atoms with Gasteiger partial charge in [0.1, 0.15) is 5.75 Å². The fourth-order valence-corrected chi connectivity index (χ4v) is 5.53. The lowest BCUT2D eigenvalue weighted by atomic mass is 10.2. The fraction of sp³-hybridized carbons (Fsp3) is 0.333. The van der Waals surface area contributed by atoms with Gasteiger partial charge in [-0.15, -0.1) is 23.5 Å². The zero-order valence-electron chi connectivity index (χ0n) is 16.4. The van der Waals surface area contributed by atoms with Gasteiger partial charge in [-0.25, -0.2) is 5.43 Å². The van der Waals surface area contributed by atoms with E-state index in [4.69, 9.17) is 14.2 Å². The Hall–Kier alpha value is -2.32. The van der Waals surface area contributed by atoms with Gasteiger partial charge < -0.3 is 14.2 Å². The number of nitrogens with zero attached hydrogens (tertiary/aromatic N) is 1. The molecule has 1 fully saturated rings. The molecule has 29 heavy (non-hydrogen) atoms. The summed E-state index contributed by atoms with van der Waals surface area (Å²) in [5, 5.41) is 3.97. The Morgan fingerprint density at radius 1 is 1.14 bits per heavy atom. The summed E-state index contributed by atoms with van der Waals surface area (Å²) in [6, 6.07) is 13.3. The molecule has 0 spiro atoms. The summed E-state index contributed by atoms with van der Waals surface area (Å²) in [5.41, 5.74) is 4.53. The number of hydrogen-bond donors (Lipinski definition) is 1. The average molecular weight is 433 g/mol. The summed E-state index contributed by atoms with van der Waals surface area (Å²) in [7, 11) is 1.59. The minimum atomic E-state index is -0.328. The fourth-order valence-electron chi connectivity index (χ4n) is 2.67. The van der Waals surface area contributed by atoms with Gasteiger partial charge in [0, 0.05) is 11.5 Å². The molecule has 2 aromatic carbocycles. The number of benzene rings is 2. The second-order valence-electron chi connectivity index (χ2n) is 6.07. The van der Waals surface area contributed by atoms with Crippen LogP contribution in [-0.2, 0) is 4.79 Å². The van der Waals surface area contributed by atoms with Crippen molar-refractivity contribution in [3.05, 3.63) is 53.6 Å². The zero-order chi connectivity index (χ0) is 20.5. The highest BCUT2D eigenvalue weighted by molar-refractivity contribution is 8.19. The second-order valence-corrected chi connectivity index (χ2v) is 8.79. The van der Waals surface area contributed by atoms with Crippen LogP contribution in [0.25, 0.3) is 0 Å². The molecule has 1 N–H and O–H groups in total. The Morgan fingerprint density at radius 3 is 2.59 bits per heavy atom. The summed E-state index contributed by atoms with van der Waals surface area (Å²) in [4.78, 5) is 12.0. The summed E-state index contributed by atoms with van der Waals surface area (Å²) in [5.74, 6) is 4.00. The van der Waals surface area contributed by atoms with Crippen molar-refractivity contribution >= 4 is 35.6 Å². The SMILES string of the molecule is CCOc1cc(/C=N\NC(=O)COc2ccc(C3SCCS3)cc2)ccc1OC. The molecule has 0 radical (unpaired) electrons. The molecule has 1 amide bonds. The molecule has 1 aliphatic heterocycles. The van der Waals surface area contributed by atoms with Crippen LogP contribution in [-0.4, -0.2) is 44.0 Å². The monoisotopic (exact) mass is 432 g/mol. The molecule has 0 atom stereocenters. The third-order valence-corrected chi connectivity index (χ3v) is 7.14. The molecule has 0 aliphatic carbocycles. The third kappa shape index (κ3) is 6.33. The number of rotatable bonds is 9. The van der Waals surface area contributed by atoms with Gasteiger partial charge in [-0.2, -0.15) is 5.10 Å².